The van der Waals surface area contributed by atoms with E-state index < -0.39 is 0 Å². The van der Waals surface area contributed by atoms with Gasteiger partial charge in [-0.25, -0.2) is 0 Å². The lowest BCUT2D eigenvalue weighted by molar-refractivity contribution is 0.345. The average Bonchev–Trinajstić information content (AvgIpc) is 2.63. The first kappa shape index (κ1) is 9.62. The van der Waals surface area contributed by atoms with Gasteiger partial charge in [0.25, 0.3) is 0 Å². The smallest absolute Gasteiger partial charge is 0.139 e. The number of benzene rings is 1. The molecule has 1 heterocycles. The molecular weight excluding hydrogens is 218 g/mol. The molecule has 0 bridgehead atoms. The number of nitrogen functional groups attached to an aromatic ring is 1. The Morgan fingerprint density at radius 3 is 3.07 bits per heavy atom. The SMILES string of the molecule is CCOc1cc(N)c(Cl)c2ccsc12. The predicted octanol–water partition coefficient (Wildman–Crippen LogP) is 3.54. The van der Waals surface area contributed by atoms with Gasteiger partial charge in [-0.15, -0.1) is 11.3 Å². The van der Waals surface area contributed by atoms with E-state index in [2.05, 4.69) is 0 Å². The van der Waals surface area contributed by atoms with Crippen molar-refractivity contribution in [2.24, 2.45) is 0 Å². The first-order chi connectivity index (χ1) is 6.74. The maximum absolute atomic E-state index is 6.07. The molecule has 0 aliphatic heterocycles. The summed E-state index contributed by atoms with van der Waals surface area (Å²) in [5, 5.41) is 3.57. The third-order valence-electron chi connectivity index (χ3n) is 1.97. The Kier molecular flexibility index (Phi) is 2.52. The minimum Gasteiger partial charge on any atom is -0.492 e. The Bertz CT molecular complexity index is 466. The van der Waals surface area contributed by atoms with Gasteiger partial charge in [-0.2, -0.15) is 0 Å². The van der Waals surface area contributed by atoms with Gasteiger partial charge in [0.15, 0.2) is 0 Å². The summed E-state index contributed by atoms with van der Waals surface area (Å²) >= 11 is 7.68. The van der Waals surface area contributed by atoms with Gasteiger partial charge < -0.3 is 10.5 Å². The van der Waals surface area contributed by atoms with Crippen LogP contribution in [0.4, 0.5) is 5.69 Å². The van der Waals surface area contributed by atoms with Crippen LogP contribution in [0.25, 0.3) is 10.1 Å². The Labute approximate surface area is 91.2 Å². The van der Waals surface area contributed by atoms with E-state index in [4.69, 9.17) is 22.1 Å². The fourth-order valence-electron chi connectivity index (χ4n) is 1.36. The quantitative estimate of drug-likeness (QED) is 0.797. The number of fused-ring (bicyclic) bond motifs is 1. The molecule has 0 fully saturated rings. The largest absolute Gasteiger partial charge is 0.492 e. The molecule has 0 aliphatic rings. The Hall–Kier alpha value is -0.930. The second-order valence-corrected chi connectivity index (χ2v) is 4.17. The second-order valence-electron chi connectivity index (χ2n) is 2.87. The molecule has 0 unspecified atom stereocenters. The van der Waals surface area contributed by atoms with Crippen LogP contribution in [0, 0.1) is 0 Å². The number of hydrogen-bond donors (Lipinski definition) is 1. The number of thiophene rings is 1. The van der Waals surface area contributed by atoms with Crippen molar-refractivity contribution in [3.63, 3.8) is 0 Å². The normalized spacial score (nSPS) is 10.7. The summed E-state index contributed by atoms with van der Waals surface area (Å²) in [5.41, 5.74) is 6.34. The van der Waals surface area contributed by atoms with Gasteiger partial charge >= 0.3 is 0 Å². The zero-order chi connectivity index (χ0) is 10.1. The molecule has 74 valence electrons. The Balaban J connectivity index is 2.71. The molecule has 4 heteroatoms. The van der Waals surface area contributed by atoms with Crippen LogP contribution < -0.4 is 10.5 Å². The summed E-state index contributed by atoms with van der Waals surface area (Å²) in [6, 6.07) is 3.74. The van der Waals surface area contributed by atoms with Crippen LogP contribution in [-0.2, 0) is 0 Å². The predicted molar refractivity (Wildman–Crippen MR) is 62.4 cm³/mol. The van der Waals surface area contributed by atoms with Gasteiger partial charge in [0, 0.05) is 11.5 Å². The van der Waals surface area contributed by atoms with E-state index in [1.54, 1.807) is 17.4 Å². The van der Waals surface area contributed by atoms with Crippen molar-refractivity contribution in [3.8, 4) is 5.75 Å². The highest BCUT2D eigenvalue weighted by Crippen LogP contribution is 2.39. The third-order valence-corrected chi connectivity index (χ3v) is 3.32. The van der Waals surface area contributed by atoms with Crippen molar-refractivity contribution in [1.29, 1.82) is 0 Å². The highest BCUT2D eigenvalue weighted by molar-refractivity contribution is 7.17. The highest BCUT2D eigenvalue weighted by Gasteiger charge is 2.10. The molecule has 0 aliphatic carbocycles. The van der Waals surface area contributed by atoms with Gasteiger partial charge in [0.2, 0.25) is 0 Å². The van der Waals surface area contributed by atoms with Crippen molar-refractivity contribution >= 4 is 38.7 Å². The standard InChI is InChI=1S/C10H10ClNOS/c1-2-13-8-5-7(12)9(11)6-3-4-14-10(6)8/h3-5H,2,12H2,1H3. The van der Waals surface area contributed by atoms with E-state index in [0.29, 0.717) is 17.3 Å². The van der Waals surface area contributed by atoms with Crippen molar-refractivity contribution in [3.05, 3.63) is 22.5 Å². The van der Waals surface area contributed by atoms with E-state index >= 15 is 0 Å². The number of rotatable bonds is 2. The van der Waals surface area contributed by atoms with Gasteiger partial charge in [0.05, 0.1) is 22.0 Å². The molecule has 0 saturated heterocycles. The van der Waals surface area contributed by atoms with E-state index in [1.807, 2.05) is 18.4 Å². The number of ether oxygens (including phenoxy) is 1. The van der Waals surface area contributed by atoms with Crippen molar-refractivity contribution < 1.29 is 4.74 Å². The molecule has 0 radical (unpaired) electrons. The molecule has 0 saturated carbocycles. The molecular formula is C10H10ClNOS. The molecule has 1 aromatic carbocycles. The number of anilines is 1. The lowest BCUT2D eigenvalue weighted by Crippen LogP contribution is -1.94. The molecule has 0 amide bonds. The first-order valence-corrected chi connectivity index (χ1v) is 5.57. The number of halogens is 1. The van der Waals surface area contributed by atoms with E-state index in [-0.39, 0.29) is 0 Å². The Morgan fingerprint density at radius 2 is 2.36 bits per heavy atom. The summed E-state index contributed by atoms with van der Waals surface area (Å²) in [5.74, 6) is 0.819. The minimum absolute atomic E-state index is 0.570. The van der Waals surface area contributed by atoms with Gasteiger partial charge in [-0.05, 0) is 18.4 Å². The monoisotopic (exact) mass is 227 g/mol. The Morgan fingerprint density at radius 1 is 1.57 bits per heavy atom. The lowest BCUT2D eigenvalue weighted by atomic mass is 10.2. The van der Waals surface area contributed by atoms with E-state index in [0.717, 1.165) is 15.8 Å². The summed E-state index contributed by atoms with van der Waals surface area (Å²) in [7, 11) is 0. The van der Waals surface area contributed by atoms with Crippen LogP contribution >= 0.6 is 22.9 Å². The van der Waals surface area contributed by atoms with Crippen LogP contribution in [0.5, 0.6) is 5.75 Å². The van der Waals surface area contributed by atoms with Crippen molar-refractivity contribution in [2.75, 3.05) is 12.3 Å². The molecule has 2 nitrogen and oxygen atoms in total. The summed E-state index contributed by atoms with van der Waals surface area (Å²) in [6.45, 7) is 2.58. The van der Waals surface area contributed by atoms with E-state index in [9.17, 15) is 0 Å². The van der Waals surface area contributed by atoms with Gasteiger partial charge in [-0.1, -0.05) is 11.6 Å². The average molecular weight is 228 g/mol. The zero-order valence-corrected chi connectivity index (χ0v) is 9.28. The first-order valence-electron chi connectivity index (χ1n) is 4.32. The van der Waals surface area contributed by atoms with Gasteiger partial charge in [0.1, 0.15) is 5.75 Å². The zero-order valence-electron chi connectivity index (χ0n) is 7.71. The van der Waals surface area contributed by atoms with Crippen LogP contribution in [0.3, 0.4) is 0 Å². The third kappa shape index (κ3) is 1.42. The van der Waals surface area contributed by atoms with Crippen LogP contribution in [-0.4, -0.2) is 6.61 Å². The number of nitrogens with two attached hydrogens (primary N) is 1. The molecule has 2 aromatic rings. The highest BCUT2D eigenvalue weighted by atomic mass is 35.5. The molecule has 14 heavy (non-hydrogen) atoms. The van der Waals surface area contributed by atoms with E-state index in [1.165, 1.54) is 0 Å². The molecule has 0 atom stereocenters. The second kappa shape index (κ2) is 3.67. The van der Waals surface area contributed by atoms with Crippen molar-refractivity contribution in [1.82, 2.24) is 0 Å². The molecule has 1 aromatic heterocycles. The topological polar surface area (TPSA) is 35.2 Å². The van der Waals surface area contributed by atoms with Crippen LogP contribution in [0.2, 0.25) is 5.02 Å². The summed E-state index contributed by atoms with van der Waals surface area (Å²) in [4.78, 5) is 0. The maximum atomic E-state index is 6.07. The molecule has 0 spiro atoms. The van der Waals surface area contributed by atoms with Gasteiger partial charge in [-0.3, -0.25) is 0 Å². The minimum atomic E-state index is 0.570. The van der Waals surface area contributed by atoms with Crippen LogP contribution in [0.1, 0.15) is 6.92 Å². The fraction of sp³-hybridized carbons (Fsp3) is 0.200. The fourth-order valence-corrected chi connectivity index (χ4v) is 2.50. The van der Waals surface area contributed by atoms with Crippen molar-refractivity contribution in [2.45, 2.75) is 6.92 Å². The van der Waals surface area contributed by atoms with Crippen LogP contribution in [0.15, 0.2) is 17.5 Å². The maximum Gasteiger partial charge on any atom is 0.139 e. The molecule has 2 N–H and O–H groups in total. The lowest BCUT2D eigenvalue weighted by Gasteiger charge is -2.07. The molecule has 2 rings (SSSR count). The summed E-state index contributed by atoms with van der Waals surface area (Å²) < 4.78 is 6.55. The number of hydrogen-bond acceptors (Lipinski definition) is 3. The summed E-state index contributed by atoms with van der Waals surface area (Å²) in [6.07, 6.45) is 0.